The minimum absolute atomic E-state index is 0.104. The maximum atomic E-state index is 10.8. The van der Waals surface area contributed by atoms with E-state index in [2.05, 4.69) is 58.7 Å². The van der Waals surface area contributed by atoms with Crippen LogP contribution >= 0.6 is 23.5 Å². The number of thioether (sulfide) groups is 2. The molecule has 5 heteroatoms. The van der Waals surface area contributed by atoms with Gasteiger partial charge in [-0.3, -0.25) is 0 Å². The first-order valence-corrected chi connectivity index (χ1v) is 11.5. The molecule has 150 valence electrons. The topological polar surface area (TPSA) is 46.3 Å². The van der Waals surface area contributed by atoms with Gasteiger partial charge in [-0.15, -0.1) is 11.8 Å². The quantitative estimate of drug-likeness (QED) is 0.358. The van der Waals surface area contributed by atoms with E-state index >= 15 is 0 Å². The summed E-state index contributed by atoms with van der Waals surface area (Å²) in [5, 5.41) is 11.6. The Hall–Kier alpha value is -1.59. The van der Waals surface area contributed by atoms with Crippen LogP contribution in [0.15, 0.2) is 50.9 Å². The first-order chi connectivity index (χ1) is 13.1. The summed E-state index contributed by atoms with van der Waals surface area (Å²) in [4.78, 5) is 5.72. The molecular weight excluding hydrogens is 386 g/mol. The molecule has 3 aromatic rings. The third kappa shape index (κ3) is 4.87. The molecule has 0 aliphatic rings. The van der Waals surface area contributed by atoms with Gasteiger partial charge in [0, 0.05) is 27.5 Å². The Bertz CT molecular complexity index is 897. The highest BCUT2D eigenvalue weighted by atomic mass is 32.2. The first kappa shape index (κ1) is 21.1. The third-order valence-corrected chi connectivity index (χ3v) is 6.62. The number of oxazole rings is 1. The molecule has 3 nitrogen and oxygen atoms in total. The van der Waals surface area contributed by atoms with Crippen LogP contribution in [0.5, 0.6) is 5.75 Å². The summed E-state index contributed by atoms with van der Waals surface area (Å²) >= 11 is 3.45. The van der Waals surface area contributed by atoms with Crippen molar-refractivity contribution in [2.24, 2.45) is 0 Å². The van der Waals surface area contributed by atoms with Gasteiger partial charge in [0.25, 0.3) is 5.22 Å². The van der Waals surface area contributed by atoms with E-state index in [9.17, 15) is 5.11 Å². The molecule has 0 fully saturated rings. The average Bonchev–Trinajstić information content (AvgIpc) is 3.00. The molecule has 0 bridgehead atoms. The number of nitrogens with zero attached hydrogens (tertiary/aromatic N) is 1. The lowest BCUT2D eigenvalue weighted by Gasteiger charge is -2.28. The smallest absolute Gasteiger partial charge is 0.256 e. The zero-order valence-corrected chi connectivity index (χ0v) is 19.1. The van der Waals surface area contributed by atoms with Crippen LogP contribution in [0.2, 0.25) is 0 Å². The SMILES string of the molecule is CC(C)(C)c1cc(SCCSc2nc3ccccc3o2)cc(C(C)(C)C)c1O. The molecule has 0 saturated carbocycles. The Labute approximate surface area is 176 Å². The fourth-order valence-electron chi connectivity index (χ4n) is 3.04. The molecule has 1 N–H and O–H groups in total. The molecule has 0 spiro atoms. The highest BCUT2D eigenvalue weighted by Gasteiger charge is 2.26. The van der Waals surface area contributed by atoms with E-state index in [1.807, 2.05) is 36.0 Å². The number of phenols is 1. The van der Waals surface area contributed by atoms with Gasteiger partial charge in [0.2, 0.25) is 0 Å². The zero-order valence-electron chi connectivity index (χ0n) is 17.5. The van der Waals surface area contributed by atoms with Gasteiger partial charge >= 0.3 is 0 Å². The van der Waals surface area contributed by atoms with Crippen LogP contribution in [-0.2, 0) is 10.8 Å². The molecule has 0 atom stereocenters. The average molecular weight is 416 g/mol. The minimum atomic E-state index is -0.104. The Balaban J connectivity index is 1.71. The van der Waals surface area contributed by atoms with Crippen molar-refractivity contribution < 1.29 is 9.52 Å². The van der Waals surface area contributed by atoms with Gasteiger partial charge in [-0.05, 0) is 35.1 Å². The number of para-hydroxylation sites is 2. The van der Waals surface area contributed by atoms with Gasteiger partial charge in [-0.25, -0.2) is 4.98 Å². The number of aromatic hydroxyl groups is 1. The molecule has 2 aromatic carbocycles. The van der Waals surface area contributed by atoms with E-state index in [-0.39, 0.29) is 10.8 Å². The zero-order chi connectivity index (χ0) is 20.5. The Morgan fingerprint density at radius 2 is 1.46 bits per heavy atom. The Kier molecular flexibility index (Phi) is 6.06. The number of aromatic nitrogens is 1. The van der Waals surface area contributed by atoms with E-state index in [0.717, 1.165) is 39.0 Å². The third-order valence-electron chi connectivity index (χ3n) is 4.55. The van der Waals surface area contributed by atoms with Crippen molar-refractivity contribution >= 4 is 34.6 Å². The maximum absolute atomic E-state index is 10.8. The van der Waals surface area contributed by atoms with Crippen LogP contribution in [0.4, 0.5) is 0 Å². The van der Waals surface area contributed by atoms with Gasteiger partial charge in [0.1, 0.15) is 11.3 Å². The molecule has 0 amide bonds. The monoisotopic (exact) mass is 415 g/mol. The number of rotatable bonds is 5. The summed E-state index contributed by atoms with van der Waals surface area (Å²) in [6.45, 7) is 12.9. The standard InChI is InChI=1S/C23H29NO2S2/c1-22(2,3)16-13-15(14-17(20(16)25)23(4,5)6)27-11-12-28-21-24-18-9-7-8-10-19(18)26-21/h7-10,13-14,25H,11-12H2,1-6H3. The van der Waals surface area contributed by atoms with E-state index < -0.39 is 0 Å². The summed E-state index contributed by atoms with van der Waals surface area (Å²) in [6.07, 6.45) is 0. The van der Waals surface area contributed by atoms with Crippen LogP contribution in [0.3, 0.4) is 0 Å². The van der Waals surface area contributed by atoms with Crippen LogP contribution in [0.1, 0.15) is 52.7 Å². The van der Waals surface area contributed by atoms with Crippen LogP contribution < -0.4 is 0 Å². The fourth-order valence-corrected chi connectivity index (χ4v) is 4.83. The highest BCUT2D eigenvalue weighted by Crippen LogP contribution is 2.41. The van der Waals surface area contributed by atoms with E-state index in [0.29, 0.717) is 5.75 Å². The van der Waals surface area contributed by atoms with Crippen molar-refractivity contribution in [3.8, 4) is 5.75 Å². The second kappa shape index (κ2) is 8.03. The largest absolute Gasteiger partial charge is 0.507 e. The summed E-state index contributed by atoms with van der Waals surface area (Å²) < 4.78 is 5.77. The van der Waals surface area contributed by atoms with Crippen molar-refractivity contribution in [1.29, 1.82) is 0 Å². The van der Waals surface area contributed by atoms with Crippen molar-refractivity contribution in [2.45, 2.75) is 62.5 Å². The first-order valence-electron chi connectivity index (χ1n) is 9.55. The molecule has 0 aliphatic heterocycles. The maximum Gasteiger partial charge on any atom is 0.256 e. The minimum Gasteiger partial charge on any atom is -0.507 e. The normalized spacial score (nSPS) is 12.6. The number of benzene rings is 2. The second-order valence-electron chi connectivity index (χ2n) is 9.01. The number of fused-ring (bicyclic) bond motifs is 1. The molecule has 0 unspecified atom stereocenters. The number of phenolic OH excluding ortho intramolecular Hbond substituents is 1. The van der Waals surface area contributed by atoms with Crippen LogP contribution in [0, 0.1) is 0 Å². The lowest BCUT2D eigenvalue weighted by Crippen LogP contribution is -2.17. The van der Waals surface area contributed by atoms with Gasteiger partial charge in [0.05, 0.1) is 0 Å². The lowest BCUT2D eigenvalue weighted by atomic mass is 9.79. The van der Waals surface area contributed by atoms with Crippen LogP contribution in [-0.4, -0.2) is 21.6 Å². The van der Waals surface area contributed by atoms with Crippen molar-refractivity contribution in [2.75, 3.05) is 11.5 Å². The number of hydrogen-bond acceptors (Lipinski definition) is 5. The van der Waals surface area contributed by atoms with E-state index in [1.54, 1.807) is 11.8 Å². The molecular formula is C23H29NO2S2. The molecule has 0 radical (unpaired) electrons. The Morgan fingerprint density at radius 1 is 0.893 bits per heavy atom. The van der Waals surface area contributed by atoms with E-state index in [1.165, 1.54) is 4.90 Å². The molecule has 0 aliphatic carbocycles. The molecule has 28 heavy (non-hydrogen) atoms. The summed E-state index contributed by atoms with van der Waals surface area (Å²) in [7, 11) is 0. The molecule has 3 rings (SSSR count). The lowest BCUT2D eigenvalue weighted by molar-refractivity contribution is 0.422. The molecule has 1 heterocycles. The van der Waals surface area contributed by atoms with Crippen LogP contribution in [0.25, 0.3) is 11.1 Å². The highest BCUT2D eigenvalue weighted by molar-refractivity contribution is 8.02. The van der Waals surface area contributed by atoms with Crippen molar-refractivity contribution in [3.63, 3.8) is 0 Å². The summed E-state index contributed by atoms with van der Waals surface area (Å²) in [6, 6.07) is 12.1. The molecule has 1 aromatic heterocycles. The predicted octanol–water partition coefficient (Wildman–Crippen LogP) is 7.01. The fraction of sp³-hybridized carbons (Fsp3) is 0.435. The summed E-state index contributed by atoms with van der Waals surface area (Å²) in [5.74, 6) is 2.29. The van der Waals surface area contributed by atoms with E-state index in [4.69, 9.17) is 4.42 Å². The second-order valence-corrected chi connectivity index (χ2v) is 11.2. The molecule has 0 saturated heterocycles. The van der Waals surface area contributed by atoms with Crippen molar-refractivity contribution in [1.82, 2.24) is 4.98 Å². The Morgan fingerprint density at radius 3 is 2.04 bits per heavy atom. The van der Waals surface area contributed by atoms with Crippen molar-refractivity contribution in [3.05, 3.63) is 47.5 Å². The van der Waals surface area contributed by atoms with Gasteiger partial charge in [-0.2, -0.15) is 0 Å². The summed E-state index contributed by atoms with van der Waals surface area (Å²) in [5.41, 5.74) is 3.55. The predicted molar refractivity (Wildman–Crippen MR) is 121 cm³/mol. The van der Waals surface area contributed by atoms with Gasteiger partial charge in [0.15, 0.2) is 5.58 Å². The number of hydrogen-bond donors (Lipinski definition) is 1. The van der Waals surface area contributed by atoms with Gasteiger partial charge < -0.3 is 9.52 Å². The van der Waals surface area contributed by atoms with Gasteiger partial charge in [-0.1, -0.05) is 65.4 Å².